The molecule has 1 amide bonds. The Morgan fingerprint density at radius 2 is 2.15 bits per heavy atom. The van der Waals surface area contributed by atoms with Crippen LogP contribution in [0, 0.1) is 6.92 Å². The Morgan fingerprint density at radius 1 is 1.45 bits per heavy atom. The maximum absolute atomic E-state index is 12.1. The lowest BCUT2D eigenvalue weighted by Gasteiger charge is -2.13. The largest absolute Gasteiger partial charge is 0.349 e. The molecule has 2 aromatic rings. The molecule has 1 unspecified atom stereocenters. The second-order valence-corrected chi connectivity index (χ2v) is 5.31. The third kappa shape index (κ3) is 2.96. The van der Waals surface area contributed by atoms with Crippen LogP contribution in [-0.4, -0.2) is 25.5 Å². The molecule has 0 radical (unpaired) electrons. The van der Waals surface area contributed by atoms with E-state index in [0.29, 0.717) is 22.3 Å². The fraction of sp³-hybridized carbons (Fsp3) is 0.417. The fourth-order valence-electron chi connectivity index (χ4n) is 1.73. The van der Waals surface area contributed by atoms with E-state index >= 15 is 0 Å². The first kappa shape index (κ1) is 14.9. The Kier molecular flexibility index (Phi) is 4.35. The average molecular weight is 316 g/mol. The molecule has 0 aliphatic rings. The van der Waals surface area contributed by atoms with Crippen molar-refractivity contribution >= 4 is 29.1 Å². The summed E-state index contributed by atoms with van der Waals surface area (Å²) in [7, 11) is 1.77. The van der Waals surface area contributed by atoms with Crippen LogP contribution < -0.4 is 5.32 Å². The van der Waals surface area contributed by atoms with E-state index in [2.05, 4.69) is 15.5 Å². The summed E-state index contributed by atoms with van der Waals surface area (Å²) < 4.78 is 3.17. The topological polar surface area (TPSA) is 64.7 Å². The van der Waals surface area contributed by atoms with Gasteiger partial charge >= 0.3 is 0 Å². The summed E-state index contributed by atoms with van der Waals surface area (Å²) >= 11 is 11.9. The predicted molar refractivity (Wildman–Crippen MR) is 76.7 cm³/mol. The van der Waals surface area contributed by atoms with E-state index in [0.717, 1.165) is 5.69 Å². The monoisotopic (exact) mass is 315 g/mol. The van der Waals surface area contributed by atoms with E-state index in [1.54, 1.807) is 38.0 Å². The third-order valence-corrected chi connectivity index (χ3v) is 3.76. The van der Waals surface area contributed by atoms with E-state index in [-0.39, 0.29) is 5.91 Å². The van der Waals surface area contributed by atoms with Gasteiger partial charge in [0.2, 0.25) is 5.91 Å². The summed E-state index contributed by atoms with van der Waals surface area (Å²) in [6.45, 7) is 3.86. The molecule has 0 fully saturated rings. The van der Waals surface area contributed by atoms with Crippen LogP contribution in [0.1, 0.15) is 24.4 Å². The Bertz CT molecular complexity index is 595. The maximum Gasteiger partial charge on any atom is 0.244 e. The van der Waals surface area contributed by atoms with Crippen LogP contribution in [0.5, 0.6) is 0 Å². The number of hydrogen-bond donors (Lipinski definition) is 1. The first-order valence-electron chi connectivity index (χ1n) is 6.05. The van der Waals surface area contributed by atoms with Crippen molar-refractivity contribution in [1.29, 1.82) is 0 Å². The molecule has 1 atom stereocenters. The minimum absolute atomic E-state index is 0.165. The Hall–Kier alpha value is -1.53. The highest BCUT2D eigenvalue weighted by atomic mass is 35.5. The molecule has 0 bridgehead atoms. The number of carbonyl (C=O) groups excluding carboxylic acids is 1. The molecular weight excluding hydrogens is 301 g/mol. The Labute approximate surface area is 126 Å². The van der Waals surface area contributed by atoms with E-state index in [1.807, 2.05) is 0 Å². The molecule has 1 N–H and O–H groups in total. The minimum Gasteiger partial charge on any atom is -0.349 e. The zero-order valence-corrected chi connectivity index (χ0v) is 12.9. The number of carbonyl (C=O) groups is 1. The first-order chi connectivity index (χ1) is 9.40. The van der Waals surface area contributed by atoms with Gasteiger partial charge < -0.3 is 5.32 Å². The number of nitrogens with one attached hydrogen (secondary N) is 1. The van der Waals surface area contributed by atoms with Crippen LogP contribution in [0.2, 0.25) is 10.0 Å². The van der Waals surface area contributed by atoms with Crippen molar-refractivity contribution in [3.8, 4) is 0 Å². The van der Waals surface area contributed by atoms with Crippen molar-refractivity contribution in [1.82, 2.24) is 24.9 Å². The first-order valence-corrected chi connectivity index (χ1v) is 6.81. The van der Waals surface area contributed by atoms with Gasteiger partial charge in [0.15, 0.2) is 0 Å². The molecule has 0 spiro atoms. The molecule has 2 rings (SSSR count). The van der Waals surface area contributed by atoms with Gasteiger partial charge in [-0.2, -0.15) is 10.2 Å². The molecule has 8 heteroatoms. The van der Waals surface area contributed by atoms with Crippen LogP contribution in [0.3, 0.4) is 0 Å². The predicted octanol–water partition coefficient (Wildman–Crippen LogP) is 2.11. The number of rotatable bonds is 4. The molecular formula is C12H15Cl2N5O. The van der Waals surface area contributed by atoms with Crippen molar-refractivity contribution in [2.45, 2.75) is 26.4 Å². The van der Waals surface area contributed by atoms with Gasteiger partial charge in [-0.15, -0.1) is 0 Å². The maximum atomic E-state index is 12.1. The van der Waals surface area contributed by atoms with Gasteiger partial charge in [0.1, 0.15) is 6.04 Å². The number of amides is 1. The summed E-state index contributed by atoms with van der Waals surface area (Å²) in [4.78, 5) is 12.1. The summed E-state index contributed by atoms with van der Waals surface area (Å²) in [5.74, 6) is -0.165. The van der Waals surface area contributed by atoms with E-state index in [4.69, 9.17) is 23.2 Å². The van der Waals surface area contributed by atoms with Crippen molar-refractivity contribution in [3.63, 3.8) is 0 Å². The van der Waals surface area contributed by atoms with Crippen molar-refractivity contribution in [2.75, 3.05) is 0 Å². The van der Waals surface area contributed by atoms with E-state index in [1.165, 1.54) is 4.68 Å². The number of nitrogens with zero attached hydrogens (tertiary/aromatic N) is 4. The smallest absolute Gasteiger partial charge is 0.244 e. The number of aryl methyl sites for hydroxylation is 2. The van der Waals surface area contributed by atoms with Gasteiger partial charge in [-0.25, -0.2) is 0 Å². The summed E-state index contributed by atoms with van der Waals surface area (Å²) in [6.07, 6.45) is 3.18. The van der Waals surface area contributed by atoms with Crippen molar-refractivity contribution in [2.24, 2.45) is 7.05 Å². The highest BCUT2D eigenvalue weighted by Gasteiger charge is 2.18. The molecule has 20 heavy (non-hydrogen) atoms. The fourth-order valence-corrected chi connectivity index (χ4v) is 2.10. The number of halogens is 2. The minimum atomic E-state index is -0.451. The molecule has 0 aliphatic heterocycles. The van der Waals surface area contributed by atoms with Gasteiger partial charge in [0.25, 0.3) is 0 Å². The number of aromatic nitrogens is 4. The Morgan fingerprint density at radius 3 is 2.65 bits per heavy atom. The number of hydrogen-bond acceptors (Lipinski definition) is 3. The van der Waals surface area contributed by atoms with Crippen LogP contribution in [0.4, 0.5) is 0 Å². The Balaban J connectivity index is 2.01. The normalized spacial score (nSPS) is 12.4. The quantitative estimate of drug-likeness (QED) is 0.939. The molecule has 0 saturated carbocycles. The van der Waals surface area contributed by atoms with Gasteiger partial charge in [-0.05, 0) is 13.8 Å². The van der Waals surface area contributed by atoms with Crippen LogP contribution in [-0.2, 0) is 18.4 Å². The van der Waals surface area contributed by atoms with Crippen LogP contribution in [0.15, 0.2) is 12.4 Å². The molecule has 2 aromatic heterocycles. The molecule has 0 saturated heterocycles. The molecule has 0 aromatic carbocycles. The van der Waals surface area contributed by atoms with E-state index in [9.17, 15) is 4.79 Å². The average Bonchev–Trinajstić information content (AvgIpc) is 2.90. The lowest BCUT2D eigenvalue weighted by molar-refractivity contribution is -0.124. The van der Waals surface area contributed by atoms with Crippen LogP contribution >= 0.6 is 23.2 Å². The molecule has 2 heterocycles. The van der Waals surface area contributed by atoms with Crippen molar-refractivity contribution in [3.05, 3.63) is 33.8 Å². The third-order valence-electron chi connectivity index (χ3n) is 3.07. The summed E-state index contributed by atoms with van der Waals surface area (Å²) in [5.41, 5.74) is 1.45. The second-order valence-electron chi connectivity index (χ2n) is 4.50. The van der Waals surface area contributed by atoms with Crippen LogP contribution in [0.25, 0.3) is 0 Å². The molecule has 0 aliphatic carbocycles. The highest BCUT2D eigenvalue weighted by molar-refractivity contribution is 6.31. The zero-order chi connectivity index (χ0) is 14.9. The second kappa shape index (κ2) is 5.85. The van der Waals surface area contributed by atoms with Gasteiger partial charge in [0, 0.05) is 13.2 Å². The lowest BCUT2D eigenvalue weighted by atomic mass is 10.3. The standard InChI is InChI=1S/C12H15Cl2N5O/c1-7-10(14)6-19(17-7)8(2)12(20)15-5-11-9(13)4-16-18(11)3/h4,6,8H,5H2,1-3H3,(H,15,20). The van der Waals surface area contributed by atoms with Gasteiger partial charge in [-0.3, -0.25) is 14.2 Å². The van der Waals surface area contributed by atoms with E-state index < -0.39 is 6.04 Å². The highest BCUT2D eigenvalue weighted by Crippen LogP contribution is 2.17. The molecule has 6 nitrogen and oxygen atoms in total. The molecule has 108 valence electrons. The lowest BCUT2D eigenvalue weighted by Crippen LogP contribution is -2.31. The summed E-state index contributed by atoms with van der Waals surface area (Å²) in [5, 5.41) is 12.1. The van der Waals surface area contributed by atoms with Gasteiger partial charge in [-0.1, -0.05) is 23.2 Å². The summed E-state index contributed by atoms with van der Waals surface area (Å²) in [6, 6.07) is -0.451. The SMILES string of the molecule is Cc1nn(C(C)C(=O)NCc2c(Cl)cnn2C)cc1Cl. The zero-order valence-electron chi connectivity index (χ0n) is 11.4. The van der Waals surface area contributed by atoms with Crippen molar-refractivity contribution < 1.29 is 4.79 Å². The van der Waals surface area contributed by atoms with Gasteiger partial charge in [0.05, 0.1) is 34.2 Å².